The van der Waals surface area contributed by atoms with Crippen LogP contribution in [0.25, 0.3) is 0 Å². The summed E-state index contributed by atoms with van der Waals surface area (Å²) in [4.78, 5) is 3.41. The maximum Gasteiger partial charge on any atom is 0.124 e. The smallest absolute Gasteiger partial charge is 0.124 e. The van der Waals surface area contributed by atoms with Crippen LogP contribution in [-0.2, 0) is 4.74 Å². The first kappa shape index (κ1) is 12.4. The van der Waals surface area contributed by atoms with Crippen molar-refractivity contribution in [3.8, 4) is 6.07 Å². The number of hydrogen-bond donors (Lipinski definition) is 0. The lowest BCUT2D eigenvalue weighted by atomic mass is 10.1. The van der Waals surface area contributed by atoms with Gasteiger partial charge in [-0.1, -0.05) is 12.1 Å². The van der Waals surface area contributed by atoms with Crippen molar-refractivity contribution in [3.05, 3.63) is 29.8 Å². The minimum atomic E-state index is -0.144. The van der Waals surface area contributed by atoms with Crippen molar-refractivity contribution in [3.63, 3.8) is 0 Å². The molecule has 0 bridgehead atoms. The molecule has 4 heteroatoms. The van der Waals surface area contributed by atoms with Crippen LogP contribution in [-0.4, -0.2) is 37.5 Å². The Hall–Kier alpha value is -1.02. The summed E-state index contributed by atoms with van der Waals surface area (Å²) in [5.41, 5.74) is 1.08. The van der Waals surface area contributed by atoms with E-state index in [1.807, 2.05) is 0 Å². The highest BCUT2D eigenvalue weighted by molar-refractivity contribution is 7.98. The Bertz CT molecular complexity index is 393. The molecule has 0 spiro atoms. The minimum Gasteiger partial charge on any atom is -0.379 e. The van der Waals surface area contributed by atoms with E-state index >= 15 is 0 Å². The van der Waals surface area contributed by atoms with Crippen LogP contribution in [0, 0.1) is 11.3 Å². The van der Waals surface area contributed by atoms with Gasteiger partial charge in [-0.3, -0.25) is 4.90 Å². The second-order valence-corrected chi connectivity index (χ2v) is 4.83. The standard InChI is InChI=1S/C13H16N2OS/c1-17-12-4-2-11(3-5-12)13(10-14)15-6-8-16-9-7-15/h2-5,13H,6-9H2,1H3. The van der Waals surface area contributed by atoms with Gasteiger partial charge in [0.1, 0.15) is 6.04 Å². The summed E-state index contributed by atoms with van der Waals surface area (Å²) in [7, 11) is 0. The average molecular weight is 248 g/mol. The van der Waals surface area contributed by atoms with Gasteiger partial charge in [-0.15, -0.1) is 11.8 Å². The third-order valence-corrected chi connectivity index (χ3v) is 3.71. The van der Waals surface area contributed by atoms with Crippen molar-refractivity contribution in [1.82, 2.24) is 4.90 Å². The van der Waals surface area contributed by atoms with Gasteiger partial charge in [0.2, 0.25) is 0 Å². The maximum atomic E-state index is 9.32. The largest absolute Gasteiger partial charge is 0.379 e. The third-order valence-electron chi connectivity index (χ3n) is 2.96. The molecule has 1 aromatic rings. The number of morpholine rings is 1. The van der Waals surface area contributed by atoms with E-state index in [9.17, 15) is 5.26 Å². The van der Waals surface area contributed by atoms with Crippen molar-refractivity contribution in [2.24, 2.45) is 0 Å². The highest BCUT2D eigenvalue weighted by Gasteiger charge is 2.21. The molecule has 1 aromatic carbocycles. The van der Waals surface area contributed by atoms with Gasteiger partial charge in [-0.2, -0.15) is 5.26 Å². The van der Waals surface area contributed by atoms with Gasteiger partial charge in [-0.25, -0.2) is 0 Å². The van der Waals surface area contributed by atoms with Crippen molar-refractivity contribution in [2.45, 2.75) is 10.9 Å². The lowest BCUT2D eigenvalue weighted by molar-refractivity contribution is 0.0266. The van der Waals surface area contributed by atoms with E-state index in [0.717, 1.165) is 31.9 Å². The molecule has 0 radical (unpaired) electrons. The first-order valence-electron chi connectivity index (χ1n) is 5.70. The lowest BCUT2D eigenvalue weighted by Crippen LogP contribution is -2.38. The Labute approximate surface area is 106 Å². The van der Waals surface area contributed by atoms with Crippen LogP contribution in [0.15, 0.2) is 29.2 Å². The lowest BCUT2D eigenvalue weighted by Gasteiger charge is -2.30. The zero-order valence-electron chi connectivity index (χ0n) is 9.93. The van der Waals surface area contributed by atoms with Crippen LogP contribution in [0.3, 0.4) is 0 Å². The molecule has 0 saturated carbocycles. The third kappa shape index (κ3) is 3.01. The van der Waals surface area contributed by atoms with Crippen LogP contribution in [0.4, 0.5) is 0 Å². The van der Waals surface area contributed by atoms with Crippen LogP contribution >= 0.6 is 11.8 Å². The van der Waals surface area contributed by atoms with Crippen LogP contribution in [0.5, 0.6) is 0 Å². The number of hydrogen-bond acceptors (Lipinski definition) is 4. The van der Waals surface area contributed by atoms with Crippen LogP contribution < -0.4 is 0 Å². The van der Waals surface area contributed by atoms with Crippen LogP contribution in [0.2, 0.25) is 0 Å². The second kappa shape index (κ2) is 6.06. The van der Waals surface area contributed by atoms with E-state index in [1.54, 1.807) is 11.8 Å². The van der Waals surface area contributed by atoms with E-state index in [2.05, 4.69) is 41.5 Å². The first-order valence-corrected chi connectivity index (χ1v) is 6.93. The number of benzene rings is 1. The molecule has 0 aromatic heterocycles. The molecule has 2 rings (SSSR count). The molecule has 0 N–H and O–H groups in total. The maximum absolute atomic E-state index is 9.32. The van der Waals surface area contributed by atoms with Gasteiger partial charge in [0.15, 0.2) is 0 Å². The Kier molecular flexibility index (Phi) is 4.43. The van der Waals surface area contributed by atoms with Crippen molar-refractivity contribution >= 4 is 11.8 Å². The van der Waals surface area contributed by atoms with Gasteiger partial charge in [0.05, 0.1) is 19.3 Å². The number of ether oxygens (including phenoxy) is 1. The Morgan fingerprint density at radius 2 is 1.94 bits per heavy atom. The number of nitrogens with zero attached hydrogens (tertiary/aromatic N) is 2. The Morgan fingerprint density at radius 3 is 2.47 bits per heavy atom. The fraction of sp³-hybridized carbons (Fsp3) is 0.462. The molecule has 1 heterocycles. The predicted molar refractivity (Wildman–Crippen MR) is 69.0 cm³/mol. The average Bonchev–Trinajstić information content (AvgIpc) is 2.42. The summed E-state index contributed by atoms with van der Waals surface area (Å²) in [6.07, 6.45) is 2.05. The zero-order valence-corrected chi connectivity index (χ0v) is 10.7. The molecule has 1 unspecified atom stereocenters. The van der Waals surface area contributed by atoms with Gasteiger partial charge < -0.3 is 4.74 Å². The Balaban J connectivity index is 2.13. The first-order chi connectivity index (χ1) is 8.35. The molecule has 3 nitrogen and oxygen atoms in total. The van der Waals surface area contributed by atoms with Crippen molar-refractivity contribution in [2.75, 3.05) is 32.6 Å². The van der Waals surface area contributed by atoms with E-state index in [-0.39, 0.29) is 6.04 Å². The normalized spacial score (nSPS) is 18.6. The molecular weight excluding hydrogens is 232 g/mol. The zero-order chi connectivity index (χ0) is 12.1. The summed E-state index contributed by atoms with van der Waals surface area (Å²) in [5, 5.41) is 9.32. The SMILES string of the molecule is CSc1ccc(C(C#N)N2CCOCC2)cc1. The second-order valence-electron chi connectivity index (χ2n) is 3.95. The molecule has 0 amide bonds. The minimum absolute atomic E-state index is 0.144. The summed E-state index contributed by atoms with van der Waals surface area (Å²) >= 11 is 1.72. The molecule has 1 fully saturated rings. The molecule has 17 heavy (non-hydrogen) atoms. The van der Waals surface area contributed by atoms with Gasteiger partial charge in [0.25, 0.3) is 0 Å². The predicted octanol–water partition coefficient (Wildman–Crippen LogP) is 2.31. The molecule has 0 aliphatic carbocycles. The van der Waals surface area contributed by atoms with E-state index in [4.69, 9.17) is 4.74 Å². The summed E-state index contributed by atoms with van der Waals surface area (Å²) < 4.78 is 5.31. The van der Waals surface area contributed by atoms with Gasteiger partial charge >= 0.3 is 0 Å². The molecule has 1 saturated heterocycles. The molecule has 1 atom stereocenters. The number of rotatable bonds is 3. The Morgan fingerprint density at radius 1 is 1.29 bits per heavy atom. The quantitative estimate of drug-likeness (QED) is 0.769. The van der Waals surface area contributed by atoms with Gasteiger partial charge in [-0.05, 0) is 24.0 Å². The number of nitriles is 1. The topological polar surface area (TPSA) is 36.3 Å². The highest BCUT2D eigenvalue weighted by Crippen LogP contribution is 2.23. The molecular formula is C13H16N2OS. The summed E-state index contributed by atoms with van der Waals surface area (Å²) in [6.45, 7) is 3.12. The van der Waals surface area contributed by atoms with Crippen molar-refractivity contribution in [1.29, 1.82) is 5.26 Å². The van der Waals surface area contributed by atoms with Crippen LogP contribution in [0.1, 0.15) is 11.6 Å². The fourth-order valence-corrected chi connectivity index (χ4v) is 2.40. The highest BCUT2D eigenvalue weighted by atomic mass is 32.2. The van der Waals surface area contributed by atoms with E-state index < -0.39 is 0 Å². The van der Waals surface area contributed by atoms with E-state index in [1.165, 1.54) is 4.90 Å². The summed E-state index contributed by atoms with van der Waals surface area (Å²) in [6, 6.07) is 10.5. The number of thioether (sulfide) groups is 1. The van der Waals surface area contributed by atoms with E-state index in [0.29, 0.717) is 0 Å². The fourth-order valence-electron chi connectivity index (χ4n) is 1.99. The summed E-state index contributed by atoms with van der Waals surface area (Å²) in [5.74, 6) is 0. The molecule has 1 aliphatic rings. The van der Waals surface area contributed by atoms with Crippen molar-refractivity contribution < 1.29 is 4.74 Å². The van der Waals surface area contributed by atoms with Gasteiger partial charge in [0, 0.05) is 18.0 Å². The monoisotopic (exact) mass is 248 g/mol. The molecule has 90 valence electrons. The molecule has 1 aliphatic heterocycles.